The lowest BCUT2D eigenvalue weighted by Gasteiger charge is -2.04. The maximum Gasteiger partial charge on any atom is 0.168 e. The summed E-state index contributed by atoms with van der Waals surface area (Å²) in [6.07, 6.45) is 0.400. The Bertz CT molecular complexity index is 581. The van der Waals surface area contributed by atoms with Crippen molar-refractivity contribution in [2.75, 3.05) is 0 Å². The van der Waals surface area contributed by atoms with Gasteiger partial charge in [-0.1, -0.05) is 23.7 Å². The summed E-state index contributed by atoms with van der Waals surface area (Å²) in [6, 6.07) is 13.2. The van der Waals surface area contributed by atoms with Gasteiger partial charge in [0.25, 0.3) is 0 Å². The summed E-state index contributed by atoms with van der Waals surface area (Å²) in [5, 5.41) is 0.618. The molecule has 0 radical (unpaired) electrons. The number of halogens is 3. The van der Waals surface area contributed by atoms with E-state index in [0.717, 1.165) is 13.6 Å². The van der Waals surface area contributed by atoms with Gasteiger partial charge >= 0.3 is 0 Å². The third kappa shape index (κ3) is 3.56. The van der Waals surface area contributed by atoms with E-state index >= 15 is 0 Å². The monoisotopic (exact) mass is 434 g/mol. The van der Waals surface area contributed by atoms with E-state index in [-0.39, 0.29) is 5.78 Å². The van der Waals surface area contributed by atoms with E-state index in [2.05, 4.69) is 38.5 Å². The number of ketones is 1. The minimum atomic E-state index is 0.0831. The molecule has 0 amide bonds. The van der Waals surface area contributed by atoms with Gasteiger partial charge in [-0.05, 0) is 74.4 Å². The van der Waals surface area contributed by atoms with Gasteiger partial charge in [-0.3, -0.25) is 4.79 Å². The van der Waals surface area contributed by atoms with Gasteiger partial charge in [0.05, 0.1) is 0 Å². The van der Waals surface area contributed by atoms with Crippen LogP contribution in [-0.2, 0) is 6.42 Å². The van der Waals surface area contributed by atoms with Crippen LogP contribution in [0.3, 0.4) is 0 Å². The fourth-order valence-electron chi connectivity index (χ4n) is 1.60. The van der Waals surface area contributed by atoms with E-state index in [1.165, 1.54) is 0 Å². The minimum Gasteiger partial charge on any atom is -0.294 e. The molecule has 0 bridgehead atoms. The molecule has 2 aromatic carbocycles. The van der Waals surface area contributed by atoms with E-state index in [1.807, 2.05) is 24.3 Å². The van der Waals surface area contributed by atoms with Crippen LogP contribution in [0.1, 0.15) is 15.9 Å². The van der Waals surface area contributed by atoms with Crippen molar-refractivity contribution in [1.29, 1.82) is 0 Å². The van der Waals surface area contributed by atoms with Gasteiger partial charge in [-0.2, -0.15) is 0 Å². The molecule has 0 saturated carbocycles. The minimum absolute atomic E-state index is 0.0831. The maximum absolute atomic E-state index is 12.2. The molecule has 0 aromatic heterocycles. The molecule has 2 aromatic rings. The van der Waals surface area contributed by atoms with Gasteiger partial charge in [0, 0.05) is 25.0 Å². The molecule has 0 aliphatic rings. The first-order valence-electron chi connectivity index (χ1n) is 5.29. The largest absolute Gasteiger partial charge is 0.294 e. The second-order valence-electron chi connectivity index (χ2n) is 3.85. The fourth-order valence-corrected chi connectivity index (χ4v) is 2.86. The van der Waals surface area contributed by atoms with Crippen LogP contribution in [0, 0.1) is 3.57 Å². The summed E-state index contributed by atoms with van der Waals surface area (Å²) in [7, 11) is 0. The van der Waals surface area contributed by atoms with Crippen LogP contribution in [0.4, 0.5) is 0 Å². The van der Waals surface area contributed by atoms with Crippen molar-refractivity contribution in [1.82, 2.24) is 0 Å². The van der Waals surface area contributed by atoms with Gasteiger partial charge in [-0.25, -0.2) is 0 Å². The molecule has 0 N–H and O–H groups in total. The molecular formula is C14H9BrClIO. The lowest BCUT2D eigenvalue weighted by Crippen LogP contribution is -2.04. The zero-order chi connectivity index (χ0) is 13.1. The lowest BCUT2D eigenvalue weighted by atomic mass is 10.0. The highest BCUT2D eigenvalue weighted by Crippen LogP contribution is 2.23. The Morgan fingerprint density at radius 2 is 1.83 bits per heavy atom. The number of hydrogen-bond donors (Lipinski definition) is 0. The van der Waals surface area contributed by atoms with Crippen molar-refractivity contribution in [2.24, 2.45) is 0 Å². The Morgan fingerprint density at radius 3 is 2.44 bits per heavy atom. The normalized spacial score (nSPS) is 10.4. The molecule has 1 nitrogen and oxygen atoms in total. The van der Waals surface area contributed by atoms with Crippen LogP contribution in [0.2, 0.25) is 5.02 Å². The topological polar surface area (TPSA) is 17.1 Å². The van der Waals surface area contributed by atoms with E-state index in [9.17, 15) is 4.79 Å². The Balaban J connectivity index is 2.19. The summed E-state index contributed by atoms with van der Waals surface area (Å²) >= 11 is 11.5. The van der Waals surface area contributed by atoms with Crippen molar-refractivity contribution in [3.8, 4) is 0 Å². The average Bonchev–Trinajstić information content (AvgIpc) is 2.32. The fraction of sp³-hybridized carbons (Fsp3) is 0.0714. The van der Waals surface area contributed by atoms with Gasteiger partial charge in [0.1, 0.15) is 0 Å². The molecule has 92 valence electrons. The molecule has 18 heavy (non-hydrogen) atoms. The number of rotatable bonds is 3. The highest BCUT2D eigenvalue weighted by Gasteiger charge is 2.11. The standard InChI is InChI=1S/C14H9BrClIO/c15-13-8-10(16)3-6-12(13)14(18)7-9-1-4-11(17)5-2-9/h1-6,8H,7H2. The van der Waals surface area contributed by atoms with Crippen molar-refractivity contribution in [3.05, 3.63) is 66.7 Å². The van der Waals surface area contributed by atoms with Gasteiger partial charge in [0.15, 0.2) is 5.78 Å². The number of carbonyl (C=O) groups is 1. The Hall–Kier alpha value is -0.390. The Labute approximate surface area is 133 Å². The van der Waals surface area contributed by atoms with Gasteiger partial charge in [-0.15, -0.1) is 0 Å². The molecule has 0 saturated heterocycles. The van der Waals surface area contributed by atoms with E-state index in [4.69, 9.17) is 11.6 Å². The van der Waals surface area contributed by atoms with E-state index in [1.54, 1.807) is 18.2 Å². The van der Waals surface area contributed by atoms with Crippen LogP contribution in [-0.4, -0.2) is 5.78 Å². The predicted octanol–water partition coefficient (Wildman–Crippen LogP) is 5.13. The Kier molecular flexibility index (Phi) is 4.81. The molecule has 4 heteroatoms. The highest BCUT2D eigenvalue weighted by atomic mass is 127. The maximum atomic E-state index is 12.2. The SMILES string of the molecule is O=C(Cc1ccc(I)cc1)c1ccc(Cl)cc1Br. The summed E-state index contributed by atoms with van der Waals surface area (Å²) in [4.78, 5) is 12.2. The van der Waals surface area contributed by atoms with Crippen LogP contribution < -0.4 is 0 Å². The summed E-state index contributed by atoms with van der Waals surface area (Å²) in [6.45, 7) is 0. The number of hydrogen-bond acceptors (Lipinski definition) is 1. The van der Waals surface area contributed by atoms with Crippen LogP contribution in [0.15, 0.2) is 46.9 Å². The predicted molar refractivity (Wildman–Crippen MR) is 86.3 cm³/mol. The first-order valence-corrected chi connectivity index (χ1v) is 7.54. The molecule has 2 rings (SSSR count). The molecular weight excluding hydrogens is 426 g/mol. The summed E-state index contributed by atoms with van der Waals surface area (Å²) in [5.74, 6) is 0.0831. The lowest BCUT2D eigenvalue weighted by molar-refractivity contribution is 0.0992. The second kappa shape index (κ2) is 6.17. The number of benzene rings is 2. The second-order valence-corrected chi connectivity index (χ2v) is 6.39. The van der Waals surface area contributed by atoms with Crippen LogP contribution in [0.5, 0.6) is 0 Å². The van der Waals surface area contributed by atoms with Crippen molar-refractivity contribution in [3.63, 3.8) is 0 Å². The molecule has 0 fully saturated rings. The van der Waals surface area contributed by atoms with Crippen molar-refractivity contribution >= 4 is 55.9 Å². The summed E-state index contributed by atoms with van der Waals surface area (Å²) in [5.41, 5.74) is 1.68. The smallest absolute Gasteiger partial charge is 0.168 e. The highest BCUT2D eigenvalue weighted by molar-refractivity contribution is 14.1. The van der Waals surface area contributed by atoms with Crippen molar-refractivity contribution in [2.45, 2.75) is 6.42 Å². The summed E-state index contributed by atoms with van der Waals surface area (Å²) < 4.78 is 1.90. The zero-order valence-electron chi connectivity index (χ0n) is 9.29. The number of Topliss-reactive ketones (excluding diaryl/α,β-unsaturated/α-hetero) is 1. The molecule has 0 unspecified atom stereocenters. The third-order valence-corrected chi connectivity index (χ3v) is 4.12. The molecule has 0 atom stereocenters. The Morgan fingerprint density at radius 1 is 1.17 bits per heavy atom. The number of carbonyl (C=O) groups excluding carboxylic acids is 1. The first kappa shape index (κ1) is 14.0. The average molecular weight is 435 g/mol. The zero-order valence-corrected chi connectivity index (χ0v) is 13.8. The van der Waals surface area contributed by atoms with E-state index in [0.29, 0.717) is 17.0 Å². The van der Waals surface area contributed by atoms with Crippen LogP contribution >= 0.6 is 50.1 Å². The van der Waals surface area contributed by atoms with Gasteiger partial charge in [0.2, 0.25) is 0 Å². The molecule has 0 aliphatic carbocycles. The third-order valence-electron chi connectivity index (χ3n) is 2.51. The van der Waals surface area contributed by atoms with Crippen molar-refractivity contribution < 1.29 is 4.79 Å². The van der Waals surface area contributed by atoms with Crippen LogP contribution in [0.25, 0.3) is 0 Å². The molecule has 0 spiro atoms. The molecule has 0 heterocycles. The van der Waals surface area contributed by atoms with Gasteiger partial charge < -0.3 is 0 Å². The first-order chi connectivity index (χ1) is 8.56. The molecule has 0 aliphatic heterocycles. The quantitative estimate of drug-likeness (QED) is 0.482. The van der Waals surface area contributed by atoms with E-state index < -0.39 is 0 Å².